The Balaban J connectivity index is 2.88. The van der Waals surface area contributed by atoms with Gasteiger partial charge in [0, 0.05) is 19.8 Å². The number of hydrogen-bond donors (Lipinski definition) is 1. The smallest absolute Gasteiger partial charge is 0.178 e. The fourth-order valence-corrected chi connectivity index (χ4v) is 2.45. The molecule has 0 amide bonds. The predicted molar refractivity (Wildman–Crippen MR) is 82.4 cm³/mol. The van der Waals surface area contributed by atoms with Crippen LogP contribution in [0.25, 0.3) is 0 Å². The molecule has 116 valence electrons. The highest BCUT2D eigenvalue weighted by Gasteiger charge is 2.26. The first-order valence-electron chi connectivity index (χ1n) is 6.85. The molecule has 0 aliphatic heterocycles. The molecule has 0 bridgehead atoms. The molecule has 0 aliphatic rings. The van der Waals surface area contributed by atoms with Gasteiger partial charge in [-0.1, -0.05) is 0 Å². The normalized spacial score (nSPS) is 13.4. The van der Waals surface area contributed by atoms with E-state index in [0.29, 0.717) is 13.2 Å². The molecular formula is C13H25BrN4O2. The van der Waals surface area contributed by atoms with E-state index in [1.54, 1.807) is 6.20 Å². The van der Waals surface area contributed by atoms with Crippen molar-refractivity contribution in [3.8, 4) is 0 Å². The molecule has 1 rings (SSSR count). The number of nitrogens with zero attached hydrogens (tertiary/aromatic N) is 3. The summed E-state index contributed by atoms with van der Waals surface area (Å²) in [6.45, 7) is 6.63. The summed E-state index contributed by atoms with van der Waals surface area (Å²) in [5, 5.41) is 4.36. The minimum Gasteiger partial charge on any atom is -0.351 e. The minimum absolute atomic E-state index is 0.381. The van der Waals surface area contributed by atoms with Crippen LogP contribution in [0, 0.1) is 0 Å². The van der Waals surface area contributed by atoms with Crippen molar-refractivity contribution in [3.05, 3.63) is 16.4 Å². The van der Waals surface area contributed by atoms with Crippen LogP contribution in [0.4, 0.5) is 0 Å². The molecule has 1 atom stereocenters. The largest absolute Gasteiger partial charge is 0.351 e. The predicted octanol–water partition coefficient (Wildman–Crippen LogP) is 1.61. The zero-order valence-corrected chi connectivity index (χ0v) is 14.3. The van der Waals surface area contributed by atoms with E-state index in [1.165, 1.54) is 0 Å². The monoisotopic (exact) mass is 348 g/mol. The SMILES string of the molecule is CCOC(OCC)C(N)c1c(Br)cnn1CCN(C)C. The van der Waals surface area contributed by atoms with Crippen molar-refractivity contribution in [1.29, 1.82) is 0 Å². The maximum atomic E-state index is 6.31. The lowest BCUT2D eigenvalue weighted by atomic mass is 10.2. The fraction of sp³-hybridized carbons (Fsp3) is 0.769. The molecule has 1 aromatic heterocycles. The first kappa shape index (κ1) is 17.6. The summed E-state index contributed by atoms with van der Waals surface area (Å²) in [7, 11) is 4.06. The molecule has 2 N–H and O–H groups in total. The van der Waals surface area contributed by atoms with Gasteiger partial charge in [0.2, 0.25) is 0 Å². The van der Waals surface area contributed by atoms with Crippen LogP contribution in [-0.2, 0) is 16.0 Å². The average molecular weight is 349 g/mol. The van der Waals surface area contributed by atoms with Crippen LogP contribution >= 0.6 is 15.9 Å². The van der Waals surface area contributed by atoms with Gasteiger partial charge in [-0.05, 0) is 43.9 Å². The van der Waals surface area contributed by atoms with Gasteiger partial charge in [0.05, 0.1) is 29.0 Å². The van der Waals surface area contributed by atoms with Crippen LogP contribution in [0.1, 0.15) is 25.6 Å². The number of nitrogens with two attached hydrogens (primary N) is 1. The van der Waals surface area contributed by atoms with Gasteiger partial charge in [-0.25, -0.2) is 0 Å². The zero-order chi connectivity index (χ0) is 15.1. The van der Waals surface area contributed by atoms with E-state index >= 15 is 0 Å². The summed E-state index contributed by atoms with van der Waals surface area (Å²) in [5.74, 6) is 0. The molecule has 0 saturated carbocycles. The van der Waals surface area contributed by atoms with Gasteiger partial charge < -0.3 is 20.1 Å². The van der Waals surface area contributed by atoms with Crippen molar-refractivity contribution >= 4 is 15.9 Å². The molecule has 0 saturated heterocycles. The Labute approximate surface area is 129 Å². The molecule has 1 unspecified atom stereocenters. The van der Waals surface area contributed by atoms with Crippen molar-refractivity contribution in [2.75, 3.05) is 33.9 Å². The quantitative estimate of drug-likeness (QED) is 0.686. The van der Waals surface area contributed by atoms with Gasteiger partial charge in [0.1, 0.15) is 0 Å². The highest BCUT2D eigenvalue weighted by Crippen LogP contribution is 2.26. The topological polar surface area (TPSA) is 65.5 Å². The molecule has 0 fully saturated rings. The Kier molecular flexibility index (Phi) is 7.68. The maximum absolute atomic E-state index is 6.31. The molecule has 0 spiro atoms. The summed E-state index contributed by atoms with van der Waals surface area (Å²) in [6, 6.07) is -0.381. The van der Waals surface area contributed by atoms with Crippen molar-refractivity contribution in [3.63, 3.8) is 0 Å². The Morgan fingerprint density at radius 2 is 1.95 bits per heavy atom. The summed E-state index contributed by atoms with van der Waals surface area (Å²) >= 11 is 3.51. The molecule has 1 heterocycles. The summed E-state index contributed by atoms with van der Waals surface area (Å²) in [4.78, 5) is 2.10. The van der Waals surface area contributed by atoms with E-state index in [-0.39, 0.29) is 6.04 Å². The standard InChI is InChI=1S/C13H25BrN4O2/c1-5-19-13(20-6-2)11(15)12-10(14)9-16-18(12)8-7-17(3)4/h9,11,13H,5-8,15H2,1-4H3. The van der Waals surface area contributed by atoms with Crippen molar-refractivity contribution in [2.24, 2.45) is 5.73 Å². The van der Waals surface area contributed by atoms with E-state index in [0.717, 1.165) is 23.3 Å². The fourth-order valence-electron chi connectivity index (χ4n) is 1.89. The molecular weight excluding hydrogens is 324 g/mol. The van der Waals surface area contributed by atoms with Gasteiger partial charge >= 0.3 is 0 Å². The Morgan fingerprint density at radius 3 is 2.45 bits per heavy atom. The van der Waals surface area contributed by atoms with Crippen LogP contribution in [0.3, 0.4) is 0 Å². The molecule has 6 nitrogen and oxygen atoms in total. The highest BCUT2D eigenvalue weighted by atomic mass is 79.9. The first-order valence-corrected chi connectivity index (χ1v) is 7.65. The molecule has 0 radical (unpaired) electrons. The first-order chi connectivity index (χ1) is 9.51. The van der Waals surface area contributed by atoms with Crippen LogP contribution in [-0.4, -0.2) is 54.8 Å². The molecule has 0 aromatic carbocycles. The lowest BCUT2D eigenvalue weighted by Gasteiger charge is -2.25. The average Bonchev–Trinajstić information content (AvgIpc) is 2.76. The van der Waals surface area contributed by atoms with E-state index in [2.05, 4.69) is 25.9 Å². The Morgan fingerprint density at radius 1 is 1.35 bits per heavy atom. The van der Waals surface area contributed by atoms with Gasteiger partial charge in [0.25, 0.3) is 0 Å². The van der Waals surface area contributed by atoms with Crippen LogP contribution < -0.4 is 5.73 Å². The van der Waals surface area contributed by atoms with Crippen LogP contribution in [0.15, 0.2) is 10.7 Å². The third kappa shape index (κ3) is 4.82. The minimum atomic E-state index is -0.462. The van der Waals surface area contributed by atoms with E-state index in [4.69, 9.17) is 15.2 Å². The Hall–Kier alpha value is -0.470. The van der Waals surface area contributed by atoms with E-state index in [1.807, 2.05) is 32.6 Å². The summed E-state index contributed by atoms with van der Waals surface area (Å²) in [5.41, 5.74) is 7.21. The second kappa shape index (κ2) is 8.74. The summed E-state index contributed by atoms with van der Waals surface area (Å²) in [6.07, 6.45) is 1.30. The second-order valence-corrected chi connectivity index (χ2v) is 5.56. The molecule has 1 aromatic rings. The number of ether oxygens (including phenoxy) is 2. The highest BCUT2D eigenvalue weighted by molar-refractivity contribution is 9.10. The van der Waals surface area contributed by atoms with Crippen molar-refractivity contribution in [2.45, 2.75) is 32.7 Å². The van der Waals surface area contributed by atoms with Gasteiger partial charge in [-0.2, -0.15) is 5.10 Å². The third-order valence-corrected chi connectivity index (χ3v) is 3.47. The molecule has 7 heteroatoms. The van der Waals surface area contributed by atoms with E-state index in [9.17, 15) is 0 Å². The number of likely N-dealkylation sites (N-methyl/N-ethyl adjacent to an activating group) is 1. The van der Waals surface area contributed by atoms with Crippen molar-refractivity contribution in [1.82, 2.24) is 14.7 Å². The van der Waals surface area contributed by atoms with Crippen LogP contribution in [0.5, 0.6) is 0 Å². The number of rotatable bonds is 9. The maximum Gasteiger partial charge on any atom is 0.178 e. The van der Waals surface area contributed by atoms with Gasteiger partial charge in [-0.3, -0.25) is 4.68 Å². The number of aromatic nitrogens is 2. The second-order valence-electron chi connectivity index (χ2n) is 4.71. The number of hydrogen-bond acceptors (Lipinski definition) is 5. The van der Waals surface area contributed by atoms with E-state index < -0.39 is 6.29 Å². The lowest BCUT2D eigenvalue weighted by molar-refractivity contribution is -0.150. The molecule has 0 aliphatic carbocycles. The third-order valence-electron chi connectivity index (χ3n) is 2.86. The summed E-state index contributed by atoms with van der Waals surface area (Å²) < 4.78 is 14.0. The molecule has 20 heavy (non-hydrogen) atoms. The van der Waals surface area contributed by atoms with Crippen LogP contribution in [0.2, 0.25) is 0 Å². The van der Waals surface area contributed by atoms with Gasteiger partial charge in [0.15, 0.2) is 6.29 Å². The number of halogens is 1. The van der Waals surface area contributed by atoms with Crippen molar-refractivity contribution < 1.29 is 9.47 Å². The lowest BCUT2D eigenvalue weighted by Crippen LogP contribution is -2.34. The Bertz CT molecular complexity index is 392. The van der Waals surface area contributed by atoms with Gasteiger partial charge in [-0.15, -0.1) is 0 Å². The zero-order valence-electron chi connectivity index (χ0n) is 12.7.